The lowest BCUT2D eigenvalue weighted by molar-refractivity contribution is 0.102. The largest absolute Gasteiger partial charge is 0.454 e. The van der Waals surface area contributed by atoms with E-state index in [1.165, 1.54) is 12.7 Å². The monoisotopic (exact) mass is 232 g/mol. The summed E-state index contributed by atoms with van der Waals surface area (Å²) in [5.41, 5.74) is 0.838. The lowest BCUT2D eigenvalue weighted by Gasteiger charge is -2.03. The van der Waals surface area contributed by atoms with E-state index in [1.54, 1.807) is 18.2 Å². The fraction of sp³-hybridized carbons (Fsp3) is 0.0909. The van der Waals surface area contributed by atoms with Gasteiger partial charge in [0.15, 0.2) is 23.6 Å². The second-order valence-corrected chi connectivity index (χ2v) is 3.40. The molecule has 6 nitrogen and oxygen atoms in total. The minimum Gasteiger partial charge on any atom is -0.454 e. The Kier molecular flexibility index (Phi) is 2.18. The first-order valence-corrected chi connectivity index (χ1v) is 4.92. The number of hydrogen-bond donors (Lipinski definition) is 1. The normalized spacial score (nSPS) is 12.5. The van der Waals surface area contributed by atoms with Crippen molar-refractivity contribution in [1.82, 2.24) is 4.98 Å². The van der Waals surface area contributed by atoms with E-state index in [-0.39, 0.29) is 18.4 Å². The molecule has 6 heteroatoms. The number of benzene rings is 1. The van der Waals surface area contributed by atoms with Crippen molar-refractivity contribution in [2.45, 2.75) is 0 Å². The number of nitrogens with one attached hydrogen (secondary N) is 1. The van der Waals surface area contributed by atoms with E-state index in [2.05, 4.69) is 10.3 Å². The number of fused-ring (bicyclic) bond motifs is 1. The zero-order valence-electron chi connectivity index (χ0n) is 8.67. The molecule has 2 aromatic rings. The average molecular weight is 232 g/mol. The van der Waals surface area contributed by atoms with Gasteiger partial charge in [0.25, 0.3) is 5.91 Å². The van der Waals surface area contributed by atoms with Crippen LogP contribution in [0.25, 0.3) is 0 Å². The maximum Gasteiger partial charge on any atom is 0.277 e. The molecule has 0 bridgehead atoms. The van der Waals surface area contributed by atoms with Crippen LogP contribution in [0.2, 0.25) is 0 Å². The summed E-state index contributed by atoms with van der Waals surface area (Å²) in [6, 6.07) is 5.16. The molecular weight excluding hydrogens is 224 g/mol. The van der Waals surface area contributed by atoms with Crippen LogP contribution in [-0.4, -0.2) is 17.7 Å². The Hall–Kier alpha value is -2.50. The van der Waals surface area contributed by atoms with Crippen molar-refractivity contribution >= 4 is 11.6 Å². The molecule has 0 atom stereocenters. The molecule has 0 saturated heterocycles. The Morgan fingerprint density at radius 1 is 1.29 bits per heavy atom. The van der Waals surface area contributed by atoms with Crippen LogP contribution in [0.4, 0.5) is 5.69 Å². The van der Waals surface area contributed by atoms with Crippen molar-refractivity contribution in [2.24, 2.45) is 0 Å². The zero-order chi connectivity index (χ0) is 11.7. The summed E-state index contributed by atoms with van der Waals surface area (Å²) in [6.07, 6.45) is 2.48. The summed E-state index contributed by atoms with van der Waals surface area (Å²) in [6.45, 7) is 0.204. The third-order valence-electron chi connectivity index (χ3n) is 2.30. The van der Waals surface area contributed by atoms with Gasteiger partial charge in [-0.1, -0.05) is 0 Å². The third-order valence-corrected chi connectivity index (χ3v) is 2.30. The maximum atomic E-state index is 11.7. The van der Waals surface area contributed by atoms with Crippen LogP contribution in [0.1, 0.15) is 10.5 Å². The molecule has 0 spiro atoms. The molecule has 0 saturated carbocycles. The van der Waals surface area contributed by atoms with Crippen molar-refractivity contribution in [2.75, 3.05) is 12.1 Å². The number of nitrogens with zero attached hydrogens (tertiary/aromatic N) is 1. The van der Waals surface area contributed by atoms with Gasteiger partial charge in [-0.15, -0.1) is 0 Å². The highest BCUT2D eigenvalue weighted by Gasteiger charge is 2.15. The summed E-state index contributed by atoms with van der Waals surface area (Å²) in [4.78, 5) is 15.4. The number of rotatable bonds is 2. The van der Waals surface area contributed by atoms with Crippen LogP contribution < -0.4 is 14.8 Å². The van der Waals surface area contributed by atoms with Gasteiger partial charge in [-0.25, -0.2) is 4.98 Å². The molecule has 17 heavy (non-hydrogen) atoms. The van der Waals surface area contributed by atoms with Crippen molar-refractivity contribution in [1.29, 1.82) is 0 Å². The second kappa shape index (κ2) is 3.82. The minimum absolute atomic E-state index is 0.204. The molecule has 2 heterocycles. The zero-order valence-corrected chi connectivity index (χ0v) is 8.67. The van der Waals surface area contributed by atoms with Gasteiger partial charge in [0.2, 0.25) is 6.79 Å². The number of carbonyl (C=O) groups is 1. The van der Waals surface area contributed by atoms with Gasteiger partial charge in [0.05, 0.1) is 0 Å². The number of hydrogen-bond acceptors (Lipinski definition) is 5. The summed E-state index contributed by atoms with van der Waals surface area (Å²) in [7, 11) is 0. The van der Waals surface area contributed by atoms with Crippen molar-refractivity contribution in [3.63, 3.8) is 0 Å². The number of anilines is 1. The van der Waals surface area contributed by atoms with E-state index in [1.807, 2.05) is 0 Å². The highest BCUT2D eigenvalue weighted by Crippen LogP contribution is 2.34. The second-order valence-electron chi connectivity index (χ2n) is 3.40. The van der Waals surface area contributed by atoms with Gasteiger partial charge in [-0.3, -0.25) is 4.79 Å². The molecule has 86 valence electrons. The van der Waals surface area contributed by atoms with Crippen LogP contribution in [0.5, 0.6) is 11.5 Å². The van der Waals surface area contributed by atoms with Crippen LogP contribution >= 0.6 is 0 Å². The Labute approximate surface area is 96.2 Å². The van der Waals surface area contributed by atoms with E-state index < -0.39 is 0 Å². The van der Waals surface area contributed by atoms with Gasteiger partial charge < -0.3 is 19.2 Å². The van der Waals surface area contributed by atoms with Crippen LogP contribution in [0.3, 0.4) is 0 Å². The molecule has 1 aliphatic rings. The summed E-state index contributed by atoms with van der Waals surface area (Å²) < 4.78 is 15.1. The number of amides is 1. The molecule has 1 aliphatic heterocycles. The van der Waals surface area contributed by atoms with Gasteiger partial charge >= 0.3 is 0 Å². The quantitative estimate of drug-likeness (QED) is 0.852. The predicted octanol–water partition coefficient (Wildman–Crippen LogP) is 1.66. The topological polar surface area (TPSA) is 73.6 Å². The molecule has 1 aromatic carbocycles. The lowest BCUT2D eigenvalue weighted by atomic mass is 10.2. The summed E-state index contributed by atoms with van der Waals surface area (Å²) >= 11 is 0. The molecule has 0 aliphatic carbocycles. The Bertz CT molecular complexity index is 551. The van der Waals surface area contributed by atoms with Gasteiger partial charge in [-0.2, -0.15) is 0 Å². The Morgan fingerprint density at radius 3 is 3.00 bits per heavy atom. The Morgan fingerprint density at radius 2 is 2.18 bits per heavy atom. The van der Waals surface area contributed by atoms with Crippen LogP contribution in [-0.2, 0) is 0 Å². The SMILES string of the molecule is O=C(Nc1ccc2c(c1)OCO2)c1cocn1. The highest BCUT2D eigenvalue weighted by molar-refractivity contribution is 6.02. The number of ether oxygens (including phenoxy) is 2. The summed E-state index contributed by atoms with van der Waals surface area (Å²) in [5.74, 6) is 0.949. The molecule has 3 rings (SSSR count). The van der Waals surface area contributed by atoms with E-state index in [9.17, 15) is 4.79 Å². The standard InChI is InChI=1S/C11H8N2O4/c14-11(8-4-15-5-12-8)13-7-1-2-9-10(3-7)17-6-16-9/h1-5H,6H2,(H,13,14). The number of carbonyl (C=O) groups excluding carboxylic acids is 1. The lowest BCUT2D eigenvalue weighted by Crippen LogP contribution is -2.11. The molecular formula is C11H8N2O4. The predicted molar refractivity (Wildman–Crippen MR) is 57.0 cm³/mol. The molecule has 0 unspecified atom stereocenters. The van der Waals surface area contributed by atoms with Crippen LogP contribution in [0.15, 0.2) is 35.3 Å². The van der Waals surface area contributed by atoms with Gasteiger partial charge in [0.1, 0.15) is 6.26 Å². The van der Waals surface area contributed by atoms with E-state index in [0.717, 1.165) is 0 Å². The molecule has 1 aromatic heterocycles. The van der Waals surface area contributed by atoms with Gasteiger partial charge in [0, 0.05) is 11.8 Å². The van der Waals surface area contributed by atoms with E-state index in [0.29, 0.717) is 17.2 Å². The summed E-state index contributed by atoms with van der Waals surface area (Å²) in [5, 5.41) is 2.68. The highest BCUT2D eigenvalue weighted by atomic mass is 16.7. The maximum absolute atomic E-state index is 11.7. The average Bonchev–Trinajstić information content (AvgIpc) is 2.99. The first-order valence-electron chi connectivity index (χ1n) is 4.92. The van der Waals surface area contributed by atoms with E-state index >= 15 is 0 Å². The third kappa shape index (κ3) is 1.80. The van der Waals surface area contributed by atoms with Crippen molar-refractivity contribution in [3.8, 4) is 11.5 Å². The Balaban J connectivity index is 1.80. The first-order chi connectivity index (χ1) is 8.33. The molecule has 1 N–H and O–H groups in total. The fourth-order valence-corrected chi connectivity index (χ4v) is 1.49. The van der Waals surface area contributed by atoms with Crippen molar-refractivity contribution in [3.05, 3.63) is 36.5 Å². The molecule has 0 fully saturated rings. The van der Waals surface area contributed by atoms with Crippen molar-refractivity contribution < 1.29 is 18.7 Å². The number of aromatic nitrogens is 1. The fourth-order valence-electron chi connectivity index (χ4n) is 1.49. The molecule has 1 amide bonds. The number of oxazole rings is 1. The van der Waals surface area contributed by atoms with Gasteiger partial charge in [-0.05, 0) is 12.1 Å². The van der Waals surface area contributed by atoms with Crippen LogP contribution in [0, 0.1) is 0 Å². The molecule has 0 radical (unpaired) electrons. The van der Waals surface area contributed by atoms with E-state index in [4.69, 9.17) is 13.9 Å². The smallest absolute Gasteiger partial charge is 0.277 e. The first kappa shape index (κ1) is 9.71. The minimum atomic E-state index is -0.336.